The van der Waals surface area contributed by atoms with E-state index in [1.54, 1.807) is 0 Å². The zero-order valence-corrected chi connectivity index (χ0v) is 95.1. The Bertz CT molecular complexity index is 1840. The van der Waals surface area contributed by atoms with Crippen LogP contribution in [0.25, 0.3) is 0 Å². The summed E-state index contributed by atoms with van der Waals surface area (Å²) in [5.74, 6) is 12.7. The molecule has 3 aliphatic heterocycles. The van der Waals surface area contributed by atoms with Crippen molar-refractivity contribution in [2.45, 2.75) is 579 Å². The molecule has 9 aliphatic rings. The van der Waals surface area contributed by atoms with Crippen LogP contribution in [0.15, 0.2) is 0 Å². The first-order chi connectivity index (χ1) is 54.8. The summed E-state index contributed by atoms with van der Waals surface area (Å²) in [6, 6.07) is 0. The van der Waals surface area contributed by atoms with E-state index in [4.69, 9.17) is 0 Å². The average Bonchev–Trinajstić information content (AvgIpc) is 1.23. The fourth-order valence-corrected chi connectivity index (χ4v) is 23.9. The minimum atomic E-state index is 0.440. The Morgan fingerprint density at radius 1 is 0.178 bits per heavy atom. The number of rotatable bonds is 15. The van der Waals surface area contributed by atoms with Crippen molar-refractivity contribution in [1.29, 1.82) is 0 Å². The van der Waals surface area contributed by atoms with Crippen molar-refractivity contribution < 1.29 is 0 Å². The van der Waals surface area contributed by atoms with Crippen LogP contribution in [0.5, 0.6) is 0 Å². The first kappa shape index (κ1) is 136. The smallest absolute Gasteiger partial charge is 0.0239 e. The summed E-state index contributed by atoms with van der Waals surface area (Å²) in [7, 11) is 0. The summed E-state index contributed by atoms with van der Waals surface area (Å²) in [4.78, 5) is 0. The zero-order valence-electron chi connectivity index (χ0n) is 95.1. The maximum Gasteiger partial charge on any atom is 0.0239 e. The standard InChI is InChI=1S/C15H30.C12H24.C11H22.2C10H21N.3C10H20.C9H19N.9C2H6/c1-13(2,3)15(14(4,5)6)11-9-7-8-10-12-15;1-10(2)12(11(3)4)8-6-5-7-9-12;1-9(2)11(10(3)4)7-5-6-8-11;1-8(2)10(9(3)4)5-6-11-7-10;1-8(2)10(9(3)4)6-5-7-11-10;1-8(2)10(6-7-10)9(3,4)5;2*1-8(2)10(9(3)4)6-5-7-10;1-7(2)9(8(3)4)5-6-10-9;9*1-2/h7-12H2,1-6H3;10-11H,5-9H2,1-4H3;9-10H,5-8H2,1-4H3;2*8-9,11H,5-7H2,1-4H3;8H,6-7H2,1-5H3;2*8-9H,5-7H2,1-4H3;7-8,10H,5-6H2,1-4H3;9*1-2H3. The Morgan fingerprint density at radius 3 is 0.500 bits per heavy atom. The van der Waals surface area contributed by atoms with Gasteiger partial charge in [0.2, 0.25) is 0 Å². The summed E-state index contributed by atoms with van der Waals surface area (Å²) < 4.78 is 0. The van der Waals surface area contributed by atoms with Gasteiger partial charge in [0.15, 0.2) is 0 Å². The second-order valence-corrected chi connectivity index (χ2v) is 44.1. The van der Waals surface area contributed by atoms with Gasteiger partial charge in [0.25, 0.3) is 0 Å². The highest BCUT2D eigenvalue weighted by atomic mass is 15.1. The first-order valence-electron chi connectivity index (χ1n) is 54.0. The normalized spacial score (nSPS) is 20.3. The van der Waals surface area contributed by atoms with Gasteiger partial charge in [-0.25, -0.2) is 0 Å². The SMILES string of the molecule is CC.CC.CC.CC.CC.CC.CC.CC.CC.CC(C)(C)C1(C(C)(C)C)CCCCCC1.CC(C)C1(C(C)(C)C)CC1.CC(C)C1(C(C)C)CCC1.CC(C)C1(C(C)C)CCC1.CC(C)C1(C(C)C)CCCC1.CC(C)C1(C(C)C)CCCCC1.CC(C)C1(C(C)C)CCCN1.CC(C)C1(C(C)C)CCN1.CC(C)C1(C(C)C)CCNC1. The van der Waals surface area contributed by atoms with Crippen LogP contribution in [0.4, 0.5) is 0 Å². The fourth-order valence-electron chi connectivity index (χ4n) is 23.9. The average molecular weight is 1680 g/mol. The predicted molar refractivity (Wildman–Crippen MR) is 559 cm³/mol. The molecule has 3 nitrogen and oxygen atoms in total. The van der Waals surface area contributed by atoms with E-state index in [0.29, 0.717) is 54.4 Å². The van der Waals surface area contributed by atoms with Crippen molar-refractivity contribution in [2.24, 2.45) is 143 Å². The lowest BCUT2D eigenvalue weighted by Gasteiger charge is -2.54. The highest BCUT2D eigenvalue weighted by Crippen LogP contribution is 2.63. The van der Waals surface area contributed by atoms with Gasteiger partial charge in [-0.05, 0) is 265 Å². The summed E-state index contributed by atoms with van der Waals surface area (Å²) >= 11 is 0. The van der Waals surface area contributed by atoms with E-state index < -0.39 is 0 Å². The summed E-state index contributed by atoms with van der Waals surface area (Å²) in [5, 5.41) is 10.7. The molecule has 3 heteroatoms. The maximum absolute atomic E-state index is 3.67. The van der Waals surface area contributed by atoms with E-state index in [1.165, 1.54) is 200 Å². The third kappa shape index (κ3) is 40.7. The molecule has 3 heterocycles. The van der Waals surface area contributed by atoms with Crippen LogP contribution in [-0.4, -0.2) is 37.3 Å². The van der Waals surface area contributed by atoms with Crippen LogP contribution in [0, 0.1) is 143 Å². The monoisotopic (exact) mass is 1670 g/mol. The molecule has 726 valence electrons. The van der Waals surface area contributed by atoms with Gasteiger partial charge in [0, 0.05) is 17.6 Å². The highest BCUT2D eigenvalue weighted by Gasteiger charge is 2.54. The quantitative estimate of drug-likeness (QED) is 0.143. The van der Waals surface area contributed by atoms with Crippen LogP contribution in [0.1, 0.15) is 568 Å². The maximum atomic E-state index is 3.67. The van der Waals surface area contributed by atoms with E-state index >= 15 is 0 Å². The molecule has 6 saturated carbocycles. The van der Waals surface area contributed by atoms with E-state index in [1.807, 2.05) is 125 Å². The molecule has 0 aromatic carbocycles. The Morgan fingerprint density at radius 2 is 0.398 bits per heavy atom. The minimum absolute atomic E-state index is 0.440. The van der Waals surface area contributed by atoms with Gasteiger partial charge in [-0.1, -0.05) is 465 Å². The van der Waals surface area contributed by atoms with Gasteiger partial charge < -0.3 is 16.0 Å². The summed E-state index contributed by atoms with van der Waals surface area (Å²) in [5.41, 5.74) is 6.95. The molecule has 9 rings (SSSR count). The Hall–Kier alpha value is -0.120. The number of hydrogen-bond acceptors (Lipinski definition) is 3. The lowest BCUT2D eigenvalue weighted by molar-refractivity contribution is -0.0462. The molecule has 3 saturated heterocycles. The van der Waals surface area contributed by atoms with Crippen LogP contribution in [0.3, 0.4) is 0 Å². The van der Waals surface area contributed by atoms with Gasteiger partial charge in [0.1, 0.15) is 0 Å². The van der Waals surface area contributed by atoms with Crippen molar-refractivity contribution >= 4 is 0 Å². The van der Waals surface area contributed by atoms with Gasteiger partial charge in [-0.2, -0.15) is 0 Å². The van der Waals surface area contributed by atoms with Crippen molar-refractivity contribution in [3.8, 4) is 0 Å². The molecule has 0 unspecified atom stereocenters. The molecule has 0 aromatic heterocycles. The van der Waals surface area contributed by atoms with Crippen molar-refractivity contribution in [3.63, 3.8) is 0 Å². The van der Waals surface area contributed by atoms with Gasteiger partial charge in [0.05, 0.1) is 0 Å². The molecule has 6 aliphatic carbocycles. The number of hydrogen-bond donors (Lipinski definition) is 3. The summed E-state index contributed by atoms with van der Waals surface area (Å²) in [6.45, 7) is 134. The molecular formula is C115H251N3. The molecule has 0 amide bonds. The van der Waals surface area contributed by atoms with Crippen molar-refractivity contribution in [2.75, 3.05) is 26.2 Å². The van der Waals surface area contributed by atoms with Crippen LogP contribution >= 0.6 is 0 Å². The molecule has 9 fully saturated rings. The fraction of sp³-hybridized carbons (Fsp3) is 1.00. The molecule has 0 atom stereocenters. The van der Waals surface area contributed by atoms with Crippen LogP contribution in [0.2, 0.25) is 0 Å². The lowest BCUT2D eigenvalue weighted by atomic mass is 9.51. The van der Waals surface area contributed by atoms with Gasteiger partial charge in [-0.3, -0.25) is 0 Å². The minimum Gasteiger partial charge on any atom is -0.316 e. The topological polar surface area (TPSA) is 36.1 Å². The summed E-state index contributed by atoms with van der Waals surface area (Å²) in [6.07, 6.45) is 39.1. The molecular weight excluding hydrogens is 1420 g/mol. The van der Waals surface area contributed by atoms with Gasteiger partial charge in [-0.15, -0.1) is 0 Å². The Kier molecular flexibility index (Phi) is 79.4. The Balaban J connectivity index is -0.000000158. The first-order valence-corrected chi connectivity index (χ1v) is 54.0. The molecule has 0 aromatic rings. The molecule has 0 radical (unpaired) electrons. The highest BCUT2D eigenvalue weighted by molar-refractivity contribution is 5.05. The predicted octanol–water partition coefficient (Wildman–Crippen LogP) is 39.9. The van der Waals surface area contributed by atoms with Crippen molar-refractivity contribution in [3.05, 3.63) is 0 Å². The molecule has 3 N–H and O–H groups in total. The van der Waals surface area contributed by atoms with E-state index in [0.717, 1.165) is 99.6 Å². The van der Waals surface area contributed by atoms with E-state index in [9.17, 15) is 0 Å². The van der Waals surface area contributed by atoms with Crippen LogP contribution in [-0.2, 0) is 0 Å². The third-order valence-electron chi connectivity index (χ3n) is 33.2. The number of nitrogens with one attached hydrogen (secondary N) is 3. The Labute approximate surface area is 759 Å². The second kappa shape index (κ2) is 68.9. The molecule has 0 bridgehead atoms. The zero-order chi connectivity index (χ0) is 95.7. The molecule has 118 heavy (non-hydrogen) atoms. The van der Waals surface area contributed by atoms with Crippen LogP contribution < -0.4 is 16.0 Å². The van der Waals surface area contributed by atoms with Crippen molar-refractivity contribution in [1.82, 2.24) is 16.0 Å². The van der Waals surface area contributed by atoms with E-state index in [2.05, 4.69) is 286 Å². The largest absolute Gasteiger partial charge is 0.316 e. The second-order valence-electron chi connectivity index (χ2n) is 44.1. The third-order valence-corrected chi connectivity index (χ3v) is 33.2. The van der Waals surface area contributed by atoms with E-state index in [-0.39, 0.29) is 0 Å². The molecule has 0 spiro atoms. The lowest BCUT2D eigenvalue weighted by Crippen LogP contribution is -2.63. The van der Waals surface area contributed by atoms with Gasteiger partial charge >= 0.3 is 0 Å².